The van der Waals surface area contributed by atoms with E-state index in [1.54, 1.807) is 0 Å². The number of hydrogen-bond donors (Lipinski definition) is 4. The second-order valence-electron chi connectivity index (χ2n) is 2.28. The molecule has 1 rings (SSSR count). The van der Waals surface area contributed by atoms with Gasteiger partial charge in [-0.3, -0.25) is 25.1 Å². The van der Waals surface area contributed by atoms with Crippen LogP contribution in [0.25, 0.3) is 0 Å². The predicted octanol–water partition coefficient (Wildman–Crippen LogP) is -1.02. The second-order valence-corrected chi connectivity index (χ2v) is 2.28. The molecule has 1 aromatic rings. The van der Waals surface area contributed by atoms with Crippen molar-refractivity contribution < 1.29 is 4.92 Å². The molecule has 8 heteroatoms. The van der Waals surface area contributed by atoms with Gasteiger partial charge in [-0.2, -0.15) is 0 Å². The Labute approximate surface area is 72.3 Å². The highest BCUT2D eigenvalue weighted by molar-refractivity contribution is 5.53. The van der Waals surface area contributed by atoms with Gasteiger partial charge >= 0.3 is 11.2 Å². The Morgan fingerprint density at radius 2 is 2.23 bits per heavy atom. The molecule has 0 aliphatic heterocycles. The fourth-order valence-electron chi connectivity index (χ4n) is 0.850. The van der Waals surface area contributed by atoms with Gasteiger partial charge in [0.2, 0.25) is 5.82 Å². The summed E-state index contributed by atoms with van der Waals surface area (Å²) in [5, 5.41) is 17.4. The fraction of sp³-hybridized carbons (Fsp3) is 0.400. The van der Waals surface area contributed by atoms with Crippen molar-refractivity contribution in [2.75, 3.05) is 18.4 Å². The van der Waals surface area contributed by atoms with Gasteiger partial charge in [-0.25, -0.2) is 0 Å². The first-order chi connectivity index (χ1) is 6.16. The van der Waals surface area contributed by atoms with Gasteiger partial charge < -0.3 is 11.1 Å². The minimum atomic E-state index is -0.760. The minimum Gasteiger partial charge on any atom is -0.363 e. The van der Waals surface area contributed by atoms with Gasteiger partial charge in [-0.05, 0) is 0 Å². The Morgan fingerprint density at radius 3 is 2.77 bits per heavy atom. The van der Waals surface area contributed by atoms with Gasteiger partial charge in [0.15, 0.2) is 0 Å². The van der Waals surface area contributed by atoms with Gasteiger partial charge in [-0.15, -0.1) is 0 Å². The van der Waals surface area contributed by atoms with Crippen LogP contribution in [0, 0.1) is 10.1 Å². The highest BCUT2D eigenvalue weighted by Crippen LogP contribution is 2.14. The van der Waals surface area contributed by atoms with E-state index in [-0.39, 0.29) is 5.82 Å². The molecule has 1 aromatic heterocycles. The first-order valence-corrected chi connectivity index (χ1v) is 3.55. The lowest BCUT2D eigenvalue weighted by Crippen LogP contribution is -2.14. The monoisotopic (exact) mass is 187 g/mol. The maximum atomic E-state index is 10.8. The molecule has 0 aliphatic rings. The summed E-state index contributed by atoms with van der Waals surface area (Å²) in [5.41, 5.74) is 3.90. The van der Waals surface area contributed by atoms with Crippen LogP contribution in [0.2, 0.25) is 0 Å². The van der Waals surface area contributed by atoms with Crippen LogP contribution in [0.4, 0.5) is 11.5 Å². The number of nitrogens with one attached hydrogen (secondary N) is 3. The Morgan fingerprint density at radius 1 is 1.54 bits per heavy atom. The molecule has 5 N–H and O–H groups in total. The molecule has 0 fully saturated rings. The van der Waals surface area contributed by atoms with Crippen molar-refractivity contribution in [3.8, 4) is 0 Å². The molecular formula is C5H9N5O3. The van der Waals surface area contributed by atoms with Crippen molar-refractivity contribution in [2.24, 2.45) is 5.73 Å². The number of aromatic amines is 2. The normalized spacial score (nSPS) is 9.92. The quantitative estimate of drug-likeness (QED) is 0.354. The van der Waals surface area contributed by atoms with Crippen LogP contribution in [-0.4, -0.2) is 28.2 Å². The molecule has 0 spiro atoms. The molecule has 0 atom stereocenters. The van der Waals surface area contributed by atoms with Crippen LogP contribution >= 0.6 is 0 Å². The Bertz CT molecular complexity index is 353. The molecular weight excluding hydrogens is 178 g/mol. The average Bonchev–Trinajstić information content (AvgIpc) is 2.43. The van der Waals surface area contributed by atoms with Crippen molar-refractivity contribution in [1.29, 1.82) is 0 Å². The first-order valence-electron chi connectivity index (χ1n) is 3.55. The van der Waals surface area contributed by atoms with E-state index in [0.29, 0.717) is 13.1 Å². The lowest BCUT2D eigenvalue weighted by molar-refractivity contribution is -0.385. The van der Waals surface area contributed by atoms with Crippen molar-refractivity contribution >= 4 is 11.5 Å². The Kier molecular flexibility index (Phi) is 2.65. The highest BCUT2D eigenvalue weighted by Gasteiger charge is 2.20. The number of nitrogens with zero attached hydrogens (tertiary/aromatic N) is 1. The fourth-order valence-corrected chi connectivity index (χ4v) is 0.850. The second kappa shape index (κ2) is 3.72. The molecule has 0 radical (unpaired) electrons. The van der Waals surface area contributed by atoms with Gasteiger partial charge in [0.1, 0.15) is 0 Å². The Balaban J connectivity index is 2.94. The molecule has 72 valence electrons. The van der Waals surface area contributed by atoms with E-state index >= 15 is 0 Å². The molecule has 0 saturated carbocycles. The van der Waals surface area contributed by atoms with E-state index in [0.717, 1.165) is 0 Å². The van der Waals surface area contributed by atoms with Crippen molar-refractivity contribution in [3.05, 3.63) is 20.5 Å². The Hall–Kier alpha value is -1.83. The van der Waals surface area contributed by atoms with E-state index in [4.69, 9.17) is 5.73 Å². The van der Waals surface area contributed by atoms with Crippen LogP contribution in [0.1, 0.15) is 0 Å². The third-order valence-corrected chi connectivity index (χ3v) is 1.38. The molecule has 0 amide bonds. The van der Waals surface area contributed by atoms with E-state index in [1.807, 2.05) is 0 Å². The number of H-pyrrole nitrogens is 2. The van der Waals surface area contributed by atoms with Crippen molar-refractivity contribution in [2.45, 2.75) is 0 Å². The third-order valence-electron chi connectivity index (χ3n) is 1.38. The molecule has 0 bridgehead atoms. The molecule has 8 nitrogen and oxygen atoms in total. The van der Waals surface area contributed by atoms with E-state index < -0.39 is 16.2 Å². The molecule has 0 saturated heterocycles. The van der Waals surface area contributed by atoms with E-state index in [2.05, 4.69) is 15.5 Å². The molecule has 0 aliphatic carbocycles. The van der Waals surface area contributed by atoms with Crippen LogP contribution < -0.4 is 16.6 Å². The van der Waals surface area contributed by atoms with Gasteiger partial charge in [0, 0.05) is 13.1 Å². The SMILES string of the molecule is NCCNc1[nH][nH]c(=O)c1[N+](=O)[O-]. The standard InChI is InChI=1S/C5H9N5O3/c6-1-2-7-4-3(10(12)13)5(11)9-8-4/h1-2,6H2,(H3,7,8,9,11). The lowest BCUT2D eigenvalue weighted by Gasteiger charge is -1.98. The summed E-state index contributed by atoms with van der Waals surface area (Å²) in [5.74, 6) is 0.0560. The summed E-state index contributed by atoms with van der Waals surface area (Å²) in [4.78, 5) is 20.5. The van der Waals surface area contributed by atoms with Crippen LogP contribution in [0.3, 0.4) is 0 Å². The summed E-state index contributed by atoms with van der Waals surface area (Å²) >= 11 is 0. The number of rotatable bonds is 4. The number of nitrogens with two attached hydrogens (primary N) is 1. The first kappa shape index (κ1) is 9.26. The highest BCUT2D eigenvalue weighted by atomic mass is 16.6. The summed E-state index contributed by atoms with van der Waals surface area (Å²) < 4.78 is 0. The number of nitro groups is 1. The zero-order valence-electron chi connectivity index (χ0n) is 6.66. The van der Waals surface area contributed by atoms with Gasteiger partial charge in [0.05, 0.1) is 4.92 Å². The smallest absolute Gasteiger partial charge is 0.363 e. The minimum absolute atomic E-state index is 0.0560. The summed E-state index contributed by atoms with van der Waals surface area (Å²) in [6.07, 6.45) is 0. The lowest BCUT2D eigenvalue weighted by atomic mass is 10.5. The number of aromatic nitrogens is 2. The van der Waals surface area contributed by atoms with Crippen molar-refractivity contribution in [3.63, 3.8) is 0 Å². The third kappa shape index (κ3) is 1.85. The number of hydrogen-bond acceptors (Lipinski definition) is 5. The molecule has 0 unspecified atom stereocenters. The molecule has 0 aromatic carbocycles. The summed E-state index contributed by atoms with van der Waals surface area (Å²) in [6.45, 7) is 0.680. The summed E-state index contributed by atoms with van der Waals surface area (Å²) in [7, 11) is 0. The van der Waals surface area contributed by atoms with Crippen LogP contribution in [0.5, 0.6) is 0 Å². The van der Waals surface area contributed by atoms with Crippen LogP contribution in [-0.2, 0) is 0 Å². The van der Waals surface area contributed by atoms with Crippen molar-refractivity contribution in [1.82, 2.24) is 10.2 Å². The molecule has 13 heavy (non-hydrogen) atoms. The van der Waals surface area contributed by atoms with Gasteiger partial charge in [-0.1, -0.05) is 0 Å². The average molecular weight is 187 g/mol. The zero-order valence-corrected chi connectivity index (χ0v) is 6.66. The van der Waals surface area contributed by atoms with E-state index in [9.17, 15) is 14.9 Å². The maximum Gasteiger partial charge on any atom is 0.376 e. The van der Waals surface area contributed by atoms with Crippen LogP contribution in [0.15, 0.2) is 4.79 Å². The van der Waals surface area contributed by atoms with E-state index in [1.165, 1.54) is 0 Å². The van der Waals surface area contributed by atoms with Gasteiger partial charge in [0.25, 0.3) is 0 Å². The zero-order chi connectivity index (χ0) is 9.84. The largest absolute Gasteiger partial charge is 0.376 e. The topological polar surface area (TPSA) is 130 Å². The molecule has 1 heterocycles. The number of anilines is 1. The maximum absolute atomic E-state index is 10.8. The predicted molar refractivity (Wildman–Crippen MR) is 45.6 cm³/mol. The summed E-state index contributed by atoms with van der Waals surface area (Å²) in [6, 6.07) is 0.